The highest BCUT2D eigenvalue weighted by molar-refractivity contribution is 5.79. The van der Waals surface area contributed by atoms with Gasteiger partial charge in [0.2, 0.25) is 0 Å². The van der Waals surface area contributed by atoms with E-state index in [4.69, 9.17) is 4.74 Å². The maximum absolute atomic E-state index is 5.64. The van der Waals surface area contributed by atoms with Crippen LogP contribution in [0, 0.1) is 0 Å². The molecule has 6 heteroatoms. The number of aliphatic imine (C=N–C) groups is 1. The van der Waals surface area contributed by atoms with E-state index in [0.29, 0.717) is 0 Å². The standard InChI is InChI=1S/C21H43N5O/c1-4-5-17-27-18-9-12-23-20(22-2)24-19-21(10-15-25(3)16-11-21)26-13-7-6-8-14-26/h4-19H2,1-3H3,(H2,22,23,24). The average Bonchev–Trinajstić information content (AvgIpc) is 2.71. The largest absolute Gasteiger partial charge is 0.381 e. The number of hydrogen-bond acceptors (Lipinski definition) is 4. The number of ether oxygens (including phenoxy) is 1. The van der Waals surface area contributed by atoms with E-state index in [1.807, 2.05) is 7.05 Å². The molecule has 6 nitrogen and oxygen atoms in total. The van der Waals surface area contributed by atoms with E-state index in [-0.39, 0.29) is 5.54 Å². The number of unbranched alkanes of at least 4 members (excludes halogenated alkanes) is 1. The summed E-state index contributed by atoms with van der Waals surface area (Å²) >= 11 is 0. The van der Waals surface area contributed by atoms with Gasteiger partial charge in [0.1, 0.15) is 0 Å². The van der Waals surface area contributed by atoms with Gasteiger partial charge in [0, 0.05) is 38.9 Å². The third kappa shape index (κ3) is 7.59. The summed E-state index contributed by atoms with van der Waals surface area (Å²) in [4.78, 5) is 9.67. The number of nitrogens with one attached hydrogen (secondary N) is 2. The summed E-state index contributed by atoms with van der Waals surface area (Å²) < 4.78 is 5.64. The minimum Gasteiger partial charge on any atom is -0.381 e. The Hall–Kier alpha value is -0.850. The predicted octanol–water partition coefficient (Wildman–Crippen LogP) is 2.31. The first-order valence-corrected chi connectivity index (χ1v) is 11.2. The second-order valence-electron chi connectivity index (χ2n) is 8.25. The molecule has 2 aliphatic rings. The first-order chi connectivity index (χ1) is 13.2. The van der Waals surface area contributed by atoms with Crippen LogP contribution in [-0.4, -0.2) is 87.9 Å². The van der Waals surface area contributed by atoms with Gasteiger partial charge in [-0.1, -0.05) is 19.8 Å². The minimum absolute atomic E-state index is 0.286. The number of guanidine groups is 1. The Morgan fingerprint density at radius 3 is 2.37 bits per heavy atom. The second-order valence-corrected chi connectivity index (χ2v) is 8.25. The van der Waals surface area contributed by atoms with Crippen LogP contribution in [-0.2, 0) is 4.74 Å². The molecule has 0 aliphatic carbocycles. The lowest BCUT2D eigenvalue weighted by atomic mass is 9.84. The summed E-state index contributed by atoms with van der Waals surface area (Å²) in [6.45, 7) is 10.7. The average molecular weight is 382 g/mol. The fraction of sp³-hybridized carbons (Fsp3) is 0.952. The van der Waals surface area contributed by atoms with Crippen molar-refractivity contribution in [1.29, 1.82) is 0 Å². The van der Waals surface area contributed by atoms with Crippen LogP contribution >= 0.6 is 0 Å². The van der Waals surface area contributed by atoms with Crippen molar-refractivity contribution < 1.29 is 4.74 Å². The van der Waals surface area contributed by atoms with Crippen LogP contribution in [0.5, 0.6) is 0 Å². The zero-order valence-electron chi connectivity index (χ0n) is 18.1. The molecule has 0 bridgehead atoms. The van der Waals surface area contributed by atoms with E-state index in [0.717, 1.165) is 45.1 Å². The Morgan fingerprint density at radius 2 is 1.70 bits per heavy atom. The number of likely N-dealkylation sites (tertiary alicyclic amines) is 2. The van der Waals surface area contributed by atoms with Crippen LogP contribution in [0.4, 0.5) is 0 Å². The lowest BCUT2D eigenvalue weighted by Gasteiger charge is -2.50. The highest BCUT2D eigenvalue weighted by Crippen LogP contribution is 2.30. The molecule has 0 unspecified atom stereocenters. The van der Waals surface area contributed by atoms with Crippen molar-refractivity contribution in [2.24, 2.45) is 4.99 Å². The Labute approximate surface area is 167 Å². The minimum atomic E-state index is 0.286. The molecule has 0 aromatic heterocycles. The van der Waals surface area contributed by atoms with E-state index in [9.17, 15) is 0 Å². The predicted molar refractivity (Wildman–Crippen MR) is 115 cm³/mol. The quantitative estimate of drug-likeness (QED) is 0.345. The lowest BCUT2D eigenvalue weighted by molar-refractivity contribution is 0.0173. The molecule has 2 fully saturated rings. The second kappa shape index (κ2) is 12.6. The topological polar surface area (TPSA) is 52.1 Å². The van der Waals surface area contributed by atoms with Crippen molar-refractivity contribution in [1.82, 2.24) is 20.4 Å². The zero-order valence-corrected chi connectivity index (χ0v) is 18.1. The molecule has 0 aromatic carbocycles. The monoisotopic (exact) mass is 381 g/mol. The number of rotatable bonds is 10. The molecule has 0 saturated carbocycles. The molecule has 2 heterocycles. The van der Waals surface area contributed by atoms with Gasteiger partial charge in [0.05, 0.1) is 0 Å². The Morgan fingerprint density at radius 1 is 1.00 bits per heavy atom. The Bertz CT molecular complexity index is 415. The highest BCUT2D eigenvalue weighted by atomic mass is 16.5. The van der Waals surface area contributed by atoms with E-state index in [2.05, 4.69) is 39.4 Å². The van der Waals surface area contributed by atoms with Crippen LogP contribution < -0.4 is 10.6 Å². The van der Waals surface area contributed by atoms with Gasteiger partial charge in [-0.05, 0) is 71.8 Å². The van der Waals surface area contributed by atoms with Gasteiger partial charge in [-0.3, -0.25) is 9.89 Å². The van der Waals surface area contributed by atoms with E-state index in [1.54, 1.807) is 0 Å². The molecule has 2 rings (SSSR count). The van der Waals surface area contributed by atoms with Crippen LogP contribution in [0.1, 0.15) is 58.3 Å². The molecular formula is C21H43N5O. The van der Waals surface area contributed by atoms with Crippen LogP contribution in [0.15, 0.2) is 4.99 Å². The van der Waals surface area contributed by atoms with Crippen LogP contribution in [0.2, 0.25) is 0 Å². The summed E-state index contributed by atoms with van der Waals surface area (Å²) in [5.74, 6) is 0.930. The van der Waals surface area contributed by atoms with Crippen molar-refractivity contribution >= 4 is 5.96 Å². The molecule has 0 atom stereocenters. The van der Waals surface area contributed by atoms with Gasteiger partial charge in [-0.2, -0.15) is 0 Å². The number of piperidine rings is 2. The summed E-state index contributed by atoms with van der Waals surface area (Å²) in [6.07, 6.45) is 9.96. The van der Waals surface area contributed by atoms with E-state index >= 15 is 0 Å². The first-order valence-electron chi connectivity index (χ1n) is 11.2. The first kappa shape index (κ1) is 22.4. The third-order valence-corrected chi connectivity index (χ3v) is 6.15. The molecule has 2 N–H and O–H groups in total. The molecule has 158 valence electrons. The third-order valence-electron chi connectivity index (χ3n) is 6.15. The normalized spacial score (nSPS) is 22.0. The fourth-order valence-corrected chi connectivity index (χ4v) is 4.21. The summed E-state index contributed by atoms with van der Waals surface area (Å²) in [5, 5.41) is 7.10. The molecule has 2 saturated heterocycles. The van der Waals surface area contributed by atoms with E-state index < -0.39 is 0 Å². The summed E-state index contributed by atoms with van der Waals surface area (Å²) in [6, 6.07) is 0. The maximum atomic E-state index is 5.64. The smallest absolute Gasteiger partial charge is 0.191 e. The molecular weight excluding hydrogens is 338 g/mol. The zero-order chi connectivity index (χ0) is 19.4. The highest BCUT2D eigenvalue weighted by Gasteiger charge is 2.39. The lowest BCUT2D eigenvalue weighted by Crippen LogP contribution is -2.62. The van der Waals surface area contributed by atoms with Gasteiger partial charge in [-0.25, -0.2) is 0 Å². The summed E-state index contributed by atoms with van der Waals surface area (Å²) in [7, 11) is 4.12. The molecule has 0 amide bonds. The van der Waals surface area contributed by atoms with Crippen molar-refractivity contribution in [3.05, 3.63) is 0 Å². The number of hydrogen-bond donors (Lipinski definition) is 2. The fourth-order valence-electron chi connectivity index (χ4n) is 4.21. The number of nitrogens with zero attached hydrogens (tertiary/aromatic N) is 3. The van der Waals surface area contributed by atoms with Gasteiger partial charge < -0.3 is 20.3 Å². The van der Waals surface area contributed by atoms with Gasteiger partial charge in [0.15, 0.2) is 5.96 Å². The molecule has 0 aromatic rings. The SMILES string of the molecule is CCCCOCCCNC(=NC)NCC1(N2CCCCC2)CCN(C)CC1. The molecule has 0 radical (unpaired) electrons. The van der Waals surface area contributed by atoms with Crippen LogP contribution in [0.25, 0.3) is 0 Å². The molecule has 2 aliphatic heterocycles. The van der Waals surface area contributed by atoms with E-state index in [1.165, 1.54) is 64.7 Å². The van der Waals surface area contributed by atoms with Gasteiger partial charge in [-0.15, -0.1) is 0 Å². The van der Waals surface area contributed by atoms with Gasteiger partial charge >= 0.3 is 0 Å². The Balaban J connectivity index is 1.76. The Kier molecular flexibility index (Phi) is 10.5. The summed E-state index contributed by atoms with van der Waals surface area (Å²) in [5.41, 5.74) is 0.286. The van der Waals surface area contributed by atoms with Gasteiger partial charge in [0.25, 0.3) is 0 Å². The van der Waals surface area contributed by atoms with Crippen molar-refractivity contribution in [3.8, 4) is 0 Å². The maximum Gasteiger partial charge on any atom is 0.191 e. The molecule has 0 spiro atoms. The van der Waals surface area contributed by atoms with Crippen molar-refractivity contribution in [3.63, 3.8) is 0 Å². The molecule has 27 heavy (non-hydrogen) atoms. The van der Waals surface area contributed by atoms with Crippen LogP contribution in [0.3, 0.4) is 0 Å². The van der Waals surface area contributed by atoms with Crippen molar-refractivity contribution in [2.45, 2.75) is 63.8 Å². The van der Waals surface area contributed by atoms with Crippen molar-refractivity contribution in [2.75, 3.05) is 66.6 Å².